The zero-order valence-electron chi connectivity index (χ0n) is 16.5. The highest BCUT2D eigenvalue weighted by molar-refractivity contribution is 7.13. The van der Waals surface area contributed by atoms with Crippen molar-refractivity contribution in [3.8, 4) is 0 Å². The Hall–Kier alpha value is -3.59. The van der Waals surface area contributed by atoms with Gasteiger partial charge >= 0.3 is 5.97 Å². The number of amides is 3. The lowest BCUT2D eigenvalue weighted by Crippen LogP contribution is -2.66. The first-order valence-corrected chi connectivity index (χ1v) is 10.5. The number of carbonyl (C=O) groups excluding carboxylic acids is 4. The van der Waals surface area contributed by atoms with Crippen LogP contribution in [0, 0.1) is 0 Å². The van der Waals surface area contributed by atoms with E-state index in [1.165, 1.54) is 17.5 Å². The summed E-state index contributed by atoms with van der Waals surface area (Å²) >= 11 is 6.58. The number of ether oxygens (including phenoxy) is 1. The van der Waals surface area contributed by atoms with Crippen molar-refractivity contribution in [1.82, 2.24) is 30.6 Å². The van der Waals surface area contributed by atoms with Gasteiger partial charge in [0.2, 0.25) is 11.8 Å². The van der Waals surface area contributed by atoms with E-state index in [9.17, 15) is 19.2 Å². The van der Waals surface area contributed by atoms with Crippen LogP contribution in [0.25, 0.3) is 0 Å². The van der Waals surface area contributed by atoms with Crippen LogP contribution in [0.3, 0.4) is 0 Å². The number of hydrogen-bond donors (Lipinski definition) is 3. The van der Waals surface area contributed by atoms with E-state index >= 15 is 0 Å². The average Bonchev–Trinajstić information content (AvgIpc) is 3.43. The van der Waals surface area contributed by atoms with Crippen molar-refractivity contribution in [2.75, 3.05) is 17.8 Å². The van der Waals surface area contributed by atoms with Gasteiger partial charge in [-0.05, 0) is 6.92 Å². The molecule has 170 valence electrons. The van der Waals surface area contributed by atoms with Gasteiger partial charge in [-0.15, -0.1) is 28.0 Å². The molecule has 3 N–H and O–H groups in total. The topological polar surface area (TPSA) is 179 Å². The molecule has 3 amide bonds. The molecule has 0 saturated carbocycles. The van der Waals surface area contributed by atoms with Crippen LogP contribution >= 0.6 is 22.9 Å². The number of alkyl halides is 1. The maximum Gasteiger partial charge on any atom is 0.358 e. The van der Waals surface area contributed by atoms with Crippen LogP contribution < -0.4 is 16.0 Å². The standard InChI is InChI=1S/C16H17ClN8O6S/c1-2-30-15(29)9-4-18-24-25(9)13-12(14(28)23-13)21-11(27)5-19-31-6-8-7-32-16(20-8)22-10(26)3-17/h4-5,7,12-13H,2-3,6H2,1H3,(H,21,27)(H,23,28)(H,20,22,26)/t12-,13+/m1/s1. The van der Waals surface area contributed by atoms with Gasteiger partial charge in [-0.3, -0.25) is 14.4 Å². The van der Waals surface area contributed by atoms with Crippen LogP contribution in [0.5, 0.6) is 0 Å². The number of thiazole rings is 1. The third-order valence-corrected chi connectivity index (χ3v) is 4.93. The molecule has 0 spiro atoms. The molecule has 14 nitrogen and oxygen atoms in total. The molecule has 1 aliphatic rings. The summed E-state index contributed by atoms with van der Waals surface area (Å²) in [7, 11) is 0. The maximum absolute atomic E-state index is 12.1. The lowest BCUT2D eigenvalue weighted by atomic mass is 10.1. The van der Waals surface area contributed by atoms with Crippen LogP contribution in [0.15, 0.2) is 16.7 Å². The fourth-order valence-corrected chi connectivity index (χ4v) is 3.25. The summed E-state index contributed by atoms with van der Waals surface area (Å²) in [6.45, 7) is 1.75. The monoisotopic (exact) mass is 484 g/mol. The predicted molar refractivity (Wildman–Crippen MR) is 110 cm³/mol. The van der Waals surface area contributed by atoms with Crippen molar-refractivity contribution in [3.05, 3.63) is 23.0 Å². The van der Waals surface area contributed by atoms with Crippen LogP contribution in [0.4, 0.5) is 5.13 Å². The number of halogens is 1. The highest BCUT2D eigenvalue weighted by Crippen LogP contribution is 2.19. The van der Waals surface area contributed by atoms with Crippen LogP contribution in [-0.2, 0) is 30.6 Å². The lowest BCUT2D eigenvalue weighted by molar-refractivity contribution is -0.137. The Balaban J connectivity index is 1.50. The van der Waals surface area contributed by atoms with E-state index in [0.29, 0.717) is 10.8 Å². The van der Waals surface area contributed by atoms with Crippen molar-refractivity contribution in [1.29, 1.82) is 0 Å². The zero-order chi connectivity index (χ0) is 23.1. The van der Waals surface area contributed by atoms with Crippen molar-refractivity contribution in [3.63, 3.8) is 0 Å². The Labute approximate surface area is 189 Å². The van der Waals surface area contributed by atoms with Gasteiger partial charge in [0.25, 0.3) is 5.91 Å². The van der Waals surface area contributed by atoms with Gasteiger partial charge in [-0.2, -0.15) is 0 Å². The summed E-state index contributed by atoms with van der Waals surface area (Å²) < 4.78 is 6.06. The number of esters is 1. The molecule has 2 aromatic rings. The summed E-state index contributed by atoms with van der Waals surface area (Å²) in [5.74, 6) is -2.42. The van der Waals surface area contributed by atoms with Gasteiger partial charge in [0, 0.05) is 5.38 Å². The number of oxime groups is 1. The van der Waals surface area contributed by atoms with Gasteiger partial charge < -0.3 is 25.5 Å². The number of rotatable bonds is 10. The Morgan fingerprint density at radius 3 is 2.97 bits per heavy atom. The third kappa shape index (κ3) is 5.55. The number of carbonyl (C=O) groups is 4. The van der Waals surface area contributed by atoms with E-state index in [0.717, 1.165) is 10.9 Å². The second-order valence-corrected chi connectivity index (χ2v) is 7.18. The van der Waals surface area contributed by atoms with Gasteiger partial charge in [-0.1, -0.05) is 10.4 Å². The highest BCUT2D eigenvalue weighted by atomic mass is 35.5. The Morgan fingerprint density at radius 2 is 2.25 bits per heavy atom. The second kappa shape index (κ2) is 10.6. The molecule has 16 heteroatoms. The van der Waals surface area contributed by atoms with E-state index in [1.54, 1.807) is 12.3 Å². The molecule has 2 aromatic heterocycles. The first-order valence-electron chi connectivity index (χ1n) is 9.06. The molecule has 0 radical (unpaired) electrons. The summed E-state index contributed by atoms with van der Waals surface area (Å²) in [6, 6.07) is -1.00. The minimum absolute atomic E-state index is 0.0259. The first kappa shape index (κ1) is 23.1. The SMILES string of the molecule is CCOC(=O)c1cnnn1[C@@H]1NC(=O)[C@@H]1NC(=O)C=NOCc1csc(NC(=O)CCl)n1. The quantitative estimate of drug-likeness (QED) is 0.130. The van der Waals surface area contributed by atoms with Crippen LogP contribution in [0.1, 0.15) is 29.3 Å². The number of nitrogens with one attached hydrogen (secondary N) is 3. The number of nitrogens with zero attached hydrogens (tertiary/aromatic N) is 5. The van der Waals surface area contributed by atoms with Crippen LogP contribution in [0.2, 0.25) is 0 Å². The molecular formula is C16H17ClN8O6S. The number of hydrogen-bond acceptors (Lipinski definition) is 11. The Bertz CT molecular complexity index is 1040. The summed E-state index contributed by atoms with van der Waals surface area (Å²) in [5.41, 5.74) is 0.506. The Kier molecular flexibility index (Phi) is 7.67. The van der Waals surface area contributed by atoms with E-state index in [2.05, 4.69) is 36.4 Å². The lowest BCUT2D eigenvalue weighted by Gasteiger charge is -2.36. The summed E-state index contributed by atoms with van der Waals surface area (Å²) in [5, 5.41) is 20.4. The van der Waals surface area contributed by atoms with Crippen molar-refractivity contribution in [2.45, 2.75) is 25.7 Å². The third-order valence-electron chi connectivity index (χ3n) is 3.89. The molecule has 0 aromatic carbocycles. The molecule has 0 unspecified atom stereocenters. The zero-order valence-corrected chi connectivity index (χ0v) is 18.1. The van der Waals surface area contributed by atoms with Crippen LogP contribution in [-0.4, -0.2) is 68.4 Å². The highest BCUT2D eigenvalue weighted by Gasteiger charge is 2.44. The van der Waals surface area contributed by atoms with Gasteiger partial charge in [0.15, 0.2) is 23.6 Å². The molecular weight excluding hydrogens is 468 g/mol. The molecule has 32 heavy (non-hydrogen) atoms. The van der Waals surface area contributed by atoms with Gasteiger partial charge in [0.05, 0.1) is 18.5 Å². The minimum atomic E-state index is -1.00. The Morgan fingerprint density at radius 1 is 1.44 bits per heavy atom. The summed E-state index contributed by atoms with van der Waals surface area (Å²) in [6.07, 6.45) is 1.22. The number of aromatic nitrogens is 4. The number of anilines is 1. The molecule has 1 saturated heterocycles. The largest absolute Gasteiger partial charge is 0.461 e. The van der Waals surface area contributed by atoms with Gasteiger partial charge in [0.1, 0.15) is 18.1 Å². The number of β-lactam (4-membered cyclic amide) rings is 1. The molecule has 1 fully saturated rings. The molecule has 2 atom stereocenters. The van der Waals surface area contributed by atoms with Crippen molar-refractivity contribution in [2.24, 2.45) is 5.16 Å². The normalized spacial score (nSPS) is 17.4. The fourth-order valence-electron chi connectivity index (χ4n) is 2.48. The predicted octanol–water partition coefficient (Wildman–Crippen LogP) is -0.596. The molecule has 0 aliphatic carbocycles. The average molecular weight is 485 g/mol. The fraction of sp³-hybridized carbons (Fsp3) is 0.375. The smallest absolute Gasteiger partial charge is 0.358 e. The minimum Gasteiger partial charge on any atom is -0.461 e. The molecule has 3 heterocycles. The van der Waals surface area contributed by atoms with Crippen molar-refractivity contribution >= 4 is 58.0 Å². The molecule has 3 rings (SSSR count). The second-order valence-electron chi connectivity index (χ2n) is 6.06. The maximum atomic E-state index is 12.1. The van der Waals surface area contributed by atoms with Crippen molar-refractivity contribution < 1.29 is 28.8 Å². The summed E-state index contributed by atoms with van der Waals surface area (Å²) in [4.78, 5) is 56.2. The first-order chi connectivity index (χ1) is 15.4. The van der Waals surface area contributed by atoms with E-state index in [4.69, 9.17) is 21.2 Å². The van der Waals surface area contributed by atoms with Gasteiger partial charge in [-0.25, -0.2) is 14.5 Å². The van der Waals surface area contributed by atoms with E-state index in [-0.39, 0.29) is 30.7 Å². The molecule has 1 aliphatic heterocycles. The molecule has 0 bridgehead atoms. The van der Waals surface area contributed by atoms with E-state index < -0.39 is 30.0 Å². The van der Waals surface area contributed by atoms with E-state index in [1.807, 2.05) is 0 Å².